The molecule has 0 aromatic carbocycles. The third-order valence-corrected chi connectivity index (χ3v) is 3.03. The first-order valence-corrected chi connectivity index (χ1v) is 5.36. The molecule has 0 rings (SSSR count). The Labute approximate surface area is 66.4 Å². The van der Waals surface area contributed by atoms with Gasteiger partial charge in [0.15, 0.2) is 0 Å². The Kier molecular flexibility index (Phi) is 4.93. The molecule has 5 heteroatoms. The molecule has 0 fully saturated rings. The Balaban J connectivity index is 3.99. The topological polar surface area (TPSA) is 77.8 Å². The van der Waals surface area contributed by atoms with E-state index in [9.17, 15) is 4.57 Å². The minimum atomic E-state index is -3.97. The van der Waals surface area contributed by atoms with E-state index in [4.69, 9.17) is 14.9 Å². The predicted molar refractivity (Wildman–Crippen MR) is 42.4 cm³/mol. The van der Waals surface area contributed by atoms with Gasteiger partial charge in [0.1, 0.15) is 0 Å². The van der Waals surface area contributed by atoms with Gasteiger partial charge in [0, 0.05) is 6.61 Å². The first kappa shape index (κ1) is 11.1. The molecule has 0 saturated heterocycles. The van der Waals surface area contributed by atoms with Crippen LogP contribution in [0.3, 0.4) is 0 Å². The lowest BCUT2D eigenvalue weighted by atomic mass is 10.2. The average Bonchev–Trinajstić information content (AvgIpc) is 1.85. The van der Waals surface area contributed by atoms with Crippen LogP contribution in [0.25, 0.3) is 0 Å². The van der Waals surface area contributed by atoms with Crippen molar-refractivity contribution in [3.63, 3.8) is 0 Å². The number of hydrogen-bond donors (Lipinski definition) is 3. The molecule has 0 aliphatic carbocycles. The number of aliphatic hydroxyl groups is 1. The molecule has 0 spiro atoms. The van der Waals surface area contributed by atoms with Crippen molar-refractivity contribution >= 4 is 7.60 Å². The van der Waals surface area contributed by atoms with Gasteiger partial charge in [0.25, 0.3) is 0 Å². The van der Waals surface area contributed by atoms with Gasteiger partial charge in [-0.05, 0) is 12.8 Å². The third kappa shape index (κ3) is 4.53. The number of aliphatic hydroxyl groups excluding tert-OH is 1. The van der Waals surface area contributed by atoms with Crippen molar-refractivity contribution in [2.75, 3.05) is 6.61 Å². The Morgan fingerprint density at radius 1 is 1.36 bits per heavy atom. The van der Waals surface area contributed by atoms with E-state index in [0.717, 1.165) is 6.42 Å². The van der Waals surface area contributed by atoms with Gasteiger partial charge in [-0.1, -0.05) is 13.3 Å². The number of rotatable bonds is 5. The summed E-state index contributed by atoms with van der Waals surface area (Å²) in [6, 6.07) is 0. The molecule has 0 aromatic rings. The van der Waals surface area contributed by atoms with Gasteiger partial charge in [-0.15, -0.1) is 0 Å². The van der Waals surface area contributed by atoms with Crippen molar-refractivity contribution in [2.45, 2.75) is 31.8 Å². The minimum absolute atomic E-state index is 0.157. The first-order valence-electron chi connectivity index (χ1n) is 3.68. The van der Waals surface area contributed by atoms with Gasteiger partial charge in [-0.3, -0.25) is 4.57 Å². The minimum Gasteiger partial charge on any atom is -0.396 e. The highest BCUT2D eigenvalue weighted by molar-refractivity contribution is 7.52. The zero-order valence-corrected chi connectivity index (χ0v) is 7.50. The third-order valence-electron chi connectivity index (χ3n) is 1.56. The molecule has 1 atom stereocenters. The zero-order chi connectivity index (χ0) is 8.91. The molecule has 3 N–H and O–H groups in total. The summed E-state index contributed by atoms with van der Waals surface area (Å²) in [6.45, 7) is 1.70. The van der Waals surface area contributed by atoms with Crippen LogP contribution in [0.5, 0.6) is 0 Å². The SMILES string of the molecule is CCCC(CCO)P(=O)(O)O. The highest BCUT2D eigenvalue weighted by atomic mass is 31.2. The number of hydrogen-bond acceptors (Lipinski definition) is 2. The van der Waals surface area contributed by atoms with Crippen LogP contribution in [0.15, 0.2) is 0 Å². The van der Waals surface area contributed by atoms with Gasteiger partial charge in [0.2, 0.25) is 0 Å². The van der Waals surface area contributed by atoms with Crippen LogP contribution in [-0.2, 0) is 4.57 Å². The van der Waals surface area contributed by atoms with Crippen molar-refractivity contribution < 1.29 is 19.5 Å². The molecule has 0 saturated carbocycles. The second-order valence-corrected chi connectivity index (χ2v) is 4.45. The molecule has 0 bridgehead atoms. The maximum atomic E-state index is 10.7. The van der Waals surface area contributed by atoms with E-state index in [2.05, 4.69) is 0 Å². The van der Waals surface area contributed by atoms with E-state index >= 15 is 0 Å². The molecular weight excluding hydrogens is 167 g/mol. The maximum Gasteiger partial charge on any atom is 0.328 e. The molecule has 0 aliphatic heterocycles. The average molecular weight is 182 g/mol. The molecule has 0 radical (unpaired) electrons. The molecule has 0 amide bonds. The summed E-state index contributed by atoms with van der Waals surface area (Å²) < 4.78 is 10.7. The van der Waals surface area contributed by atoms with Crippen LogP contribution in [0.2, 0.25) is 0 Å². The van der Waals surface area contributed by atoms with Crippen LogP contribution in [0.1, 0.15) is 26.2 Å². The fraction of sp³-hybridized carbons (Fsp3) is 1.00. The van der Waals surface area contributed by atoms with Crippen molar-refractivity contribution in [3.05, 3.63) is 0 Å². The summed E-state index contributed by atoms with van der Waals surface area (Å²) in [5.41, 5.74) is -0.655. The molecule has 0 aliphatic rings. The van der Waals surface area contributed by atoms with Crippen LogP contribution in [0, 0.1) is 0 Å². The molecule has 1 unspecified atom stereocenters. The Hall–Kier alpha value is 0.110. The van der Waals surface area contributed by atoms with Crippen molar-refractivity contribution in [3.8, 4) is 0 Å². The molecular formula is C6H15O4P. The van der Waals surface area contributed by atoms with Crippen LogP contribution in [0.4, 0.5) is 0 Å². The molecule has 0 heterocycles. The highest BCUT2D eigenvalue weighted by Gasteiger charge is 2.26. The normalized spacial score (nSPS) is 14.9. The summed E-state index contributed by atoms with van der Waals surface area (Å²) in [4.78, 5) is 17.5. The summed E-state index contributed by atoms with van der Waals surface area (Å²) in [5.74, 6) is 0. The van der Waals surface area contributed by atoms with E-state index in [1.54, 1.807) is 0 Å². The predicted octanol–water partition coefficient (Wildman–Crippen LogP) is 0.715. The lowest BCUT2D eigenvalue weighted by Crippen LogP contribution is -2.09. The summed E-state index contributed by atoms with van der Waals surface area (Å²) in [6.07, 6.45) is 1.40. The first-order chi connectivity index (χ1) is 5.02. The summed E-state index contributed by atoms with van der Waals surface area (Å²) >= 11 is 0. The standard InChI is InChI=1S/C6H15O4P/c1-2-3-6(4-5-7)11(8,9)10/h6-7H,2-5H2,1H3,(H2,8,9,10). The van der Waals surface area contributed by atoms with Crippen LogP contribution >= 0.6 is 7.60 Å². The maximum absolute atomic E-state index is 10.7. The van der Waals surface area contributed by atoms with E-state index < -0.39 is 13.3 Å². The summed E-state index contributed by atoms with van der Waals surface area (Å²) in [5, 5.41) is 8.48. The van der Waals surface area contributed by atoms with E-state index in [1.807, 2.05) is 6.92 Å². The second kappa shape index (κ2) is 4.88. The van der Waals surface area contributed by atoms with Crippen molar-refractivity contribution in [1.29, 1.82) is 0 Å². The van der Waals surface area contributed by atoms with E-state index in [0.29, 0.717) is 6.42 Å². The van der Waals surface area contributed by atoms with Gasteiger partial charge in [0.05, 0.1) is 5.66 Å². The van der Waals surface area contributed by atoms with Gasteiger partial charge in [-0.25, -0.2) is 0 Å². The smallest absolute Gasteiger partial charge is 0.328 e. The van der Waals surface area contributed by atoms with E-state index in [-0.39, 0.29) is 13.0 Å². The summed E-state index contributed by atoms with van der Waals surface area (Å²) in [7, 11) is -3.97. The van der Waals surface area contributed by atoms with Crippen molar-refractivity contribution in [2.24, 2.45) is 0 Å². The van der Waals surface area contributed by atoms with Crippen molar-refractivity contribution in [1.82, 2.24) is 0 Å². The largest absolute Gasteiger partial charge is 0.396 e. The molecule has 11 heavy (non-hydrogen) atoms. The van der Waals surface area contributed by atoms with E-state index in [1.165, 1.54) is 0 Å². The zero-order valence-electron chi connectivity index (χ0n) is 6.60. The van der Waals surface area contributed by atoms with Gasteiger partial charge < -0.3 is 14.9 Å². The molecule has 0 aromatic heterocycles. The monoisotopic (exact) mass is 182 g/mol. The highest BCUT2D eigenvalue weighted by Crippen LogP contribution is 2.44. The Morgan fingerprint density at radius 3 is 2.18 bits per heavy atom. The Morgan fingerprint density at radius 2 is 1.91 bits per heavy atom. The quantitative estimate of drug-likeness (QED) is 0.547. The Bertz CT molecular complexity index is 136. The van der Waals surface area contributed by atoms with Crippen LogP contribution < -0.4 is 0 Å². The van der Waals surface area contributed by atoms with Gasteiger partial charge >= 0.3 is 7.60 Å². The lowest BCUT2D eigenvalue weighted by molar-refractivity contribution is 0.270. The molecule has 68 valence electrons. The van der Waals surface area contributed by atoms with Crippen LogP contribution in [-0.4, -0.2) is 27.2 Å². The lowest BCUT2D eigenvalue weighted by Gasteiger charge is -2.15. The molecule has 4 nitrogen and oxygen atoms in total. The fourth-order valence-electron chi connectivity index (χ4n) is 0.963. The van der Waals surface area contributed by atoms with Gasteiger partial charge in [-0.2, -0.15) is 0 Å². The fourth-order valence-corrected chi connectivity index (χ4v) is 2.01. The second-order valence-electron chi connectivity index (χ2n) is 2.54.